The van der Waals surface area contributed by atoms with E-state index in [1.54, 1.807) is 11.0 Å². The number of amides is 2. The number of carbonyl (C=O) groups is 2. The Kier molecular flexibility index (Phi) is 12.1. The second-order valence-corrected chi connectivity index (χ2v) is 27.0. The molecule has 3 aromatic carbocycles. The fourth-order valence-electron chi connectivity index (χ4n) is 10.2. The summed E-state index contributed by atoms with van der Waals surface area (Å²) in [5.41, 5.74) is 4.62. The normalized spacial score (nSPS) is 22.0. The fraction of sp³-hybridized carbons (Fsp3) is 0.549. The highest BCUT2D eigenvalue weighted by molar-refractivity contribution is 6.76. The quantitative estimate of drug-likeness (QED) is 0.111. The van der Waals surface area contributed by atoms with Crippen LogP contribution in [0.2, 0.25) is 25.7 Å². The lowest BCUT2D eigenvalue weighted by molar-refractivity contribution is -0.0366. The molecule has 4 aliphatic heterocycles. The molecule has 5 aliphatic rings. The minimum Gasteiger partial charge on any atom is -0.486 e. The van der Waals surface area contributed by atoms with Crippen LogP contribution in [-0.2, 0) is 20.8 Å². The van der Waals surface area contributed by atoms with Crippen molar-refractivity contribution in [3.8, 4) is 22.9 Å². The van der Waals surface area contributed by atoms with E-state index in [1.807, 2.05) is 73.8 Å². The van der Waals surface area contributed by atoms with Crippen molar-refractivity contribution in [3.63, 3.8) is 0 Å². The molecular formula is C51H64FN7O7Si. The second-order valence-electron chi connectivity index (χ2n) is 21.4. The molecule has 0 radical (unpaired) electrons. The first kappa shape index (κ1) is 45.3. The molecule has 1 unspecified atom stereocenters. The zero-order valence-electron chi connectivity index (χ0n) is 40.0. The predicted octanol–water partition coefficient (Wildman–Crippen LogP) is 10.4. The van der Waals surface area contributed by atoms with Crippen molar-refractivity contribution >= 4 is 47.9 Å². The summed E-state index contributed by atoms with van der Waals surface area (Å²) in [5, 5.41) is 6.48. The number of nitrogens with zero attached hydrogens (tertiary/aromatic N) is 7. The van der Waals surface area contributed by atoms with Gasteiger partial charge in [-0.2, -0.15) is 15.1 Å². The molecule has 14 nitrogen and oxygen atoms in total. The van der Waals surface area contributed by atoms with Gasteiger partial charge in [0, 0.05) is 68.7 Å². The second kappa shape index (κ2) is 17.9. The number of hydrogen-bond donors (Lipinski definition) is 0. The average Bonchev–Trinajstić information content (AvgIpc) is 3.56. The smallest absolute Gasteiger partial charge is 0.410 e. The number of ether oxygens (including phenoxy) is 5. The first-order valence-corrected chi connectivity index (χ1v) is 28.0. The molecule has 67 heavy (non-hydrogen) atoms. The maximum absolute atomic E-state index is 16.7. The van der Waals surface area contributed by atoms with Gasteiger partial charge in [0.05, 0.1) is 36.9 Å². The molecule has 6 heterocycles. The zero-order valence-corrected chi connectivity index (χ0v) is 41.0. The SMILES string of the molecule is Cc1c(F)cc2c(cnn2C2CCCCO2)c1-c1c(C2CC2)cc2c(N3C[C@@H]4C[C@H]3CN4C(=O)OC(C)(C)C)nc(O[C@@H]3CCN(C(=O)OCC[Si](C)(C)C)C3)nc2c1OCc1ccccc1. The van der Waals surface area contributed by atoms with Gasteiger partial charge < -0.3 is 38.4 Å². The van der Waals surface area contributed by atoms with Crippen LogP contribution in [0.15, 0.2) is 48.7 Å². The van der Waals surface area contributed by atoms with Crippen LogP contribution >= 0.6 is 0 Å². The number of benzene rings is 3. The molecule has 4 saturated heterocycles. The topological polar surface area (TPSA) is 134 Å². The summed E-state index contributed by atoms with van der Waals surface area (Å²) in [7, 11) is -1.39. The van der Waals surface area contributed by atoms with Crippen molar-refractivity contribution in [2.24, 2.45) is 0 Å². The first-order chi connectivity index (χ1) is 32.1. The zero-order chi connectivity index (χ0) is 46.8. The van der Waals surface area contributed by atoms with E-state index in [0.29, 0.717) is 74.0 Å². The summed E-state index contributed by atoms with van der Waals surface area (Å²) < 4.78 is 50.1. The Hall–Kier alpha value is -5.48. The molecule has 16 heteroatoms. The Labute approximate surface area is 393 Å². The highest BCUT2D eigenvalue weighted by Gasteiger charge is 2.48. The van der Waals surface area contributed by atoms with Crippen molar-refractivity contribution in [3.05, 3.63) is 71.2 Å². The van der Waals surface area contributed by atoms with Gasteiger partial charge in [0.1, 0.15) is 35.5 Å². The molecule has 4 atom stereocenters. The maximum atomic E-state index is 16.7. The van der Waals surface area contributed by atoms with Gasteiger partial charge in [-0.25, -0.2) is 18.7 Å². The number of fused-ring (bicyclic) bond motifs is 4. The van der Waals surface area contributed by atoms with Gasteiger partial charge in [0.15, 0.2) is 12.0 Å². The highest BCUT2D eigenvalue weighted by atomic mass is 28.3. The molecule has 0 N–H and O–H groups in total. The van der Waals surface area contributed by atoms with Gasteiger partial charge in [-0.05, 0) is 101 Å². The minimum absolute atomic E-state index is 0.0351. The predicted molar refractivity (Wildman–Crippen MR) is 257 cm³/mol. The van der Waals surface area contributed by atoms with Crippen LogP contribution in [0.4, 0.5) is 19.8 Å². The Balaban J connectivity index is 1.11. The number of halogens is 1. The Morgan fingerprint density at radius 3 is 2.43 bits per heavy atom. The van der Waals surface area contributed by atoms with E-state index in [1.165, 1.54) is 0 Å². The molecule has 5 aromatic rings. The van der Waals surface area contributed by atoms with Crippen LogP contribution < -0.4 is 14.4 Å². The number of piperazine rings is 1. The van der Waals surface area contributed by atoms with Crippen LogP contribution in [0.25, 0.3) is 32.9 Å². The van der Waals surface area contributed by atoms with Gasteiger partial charge in [-0.3, -0.25) is 0 Å². The Morgan fingerprint density at radius 2 is 1.73 bits per heavy atom. The number of rotatable bonds is 12. The van der Waals surface area contributed by atoms with Crippen molar-refractivity contribution in [1.82, 2.24) is 29.5 Å². The summed E-state index contributed by atoms with van der Waals surface area (Å²) in [6.45, 7) is 17.4. The van der Waals surface area contributed by atoms with E-state index in [9.17, 15) is 9.59 Å². The minimum atomic E-state index is -1.39. The number of hydrogen-bond acceptors (Lipinski definition) is 11. The third-order valence-electron chi connectivity index (χ3n) is 13.9. The third kappa shape index (κ3) is 9.39. The van der Waals surface area contributed by atoms with Gasteiger partial charge in [0.2, 0.25) is 0 Å². The molecule has 0 spiro atoms. The lowest BCUT2D eigenvalue weighted by Gasteiger charge is -2.36. The van der Waals surface area contributed by atoms with Gasteiger partial charge in [-0.15, -0.1) is 0 Å². The standard InChI is InChI=1S/C51H64FN7O7Si/c1-31-40(52)25-41-39(26-53-59(41)42-15-11-12-20-62-42)43(31)44-37(33-16-17-33)24-38-45(46(44)64-30-32-13-9-8-10-14-32)54-48(65-36-18-19-56(29-36)49(60)63-21-22-67(5,6)7)55-47(38)57-27-35-23-34(57)28-58(35)50(61)66-51(2,3)4/h8-10,13-14,24-26,33-36,42H,11-12,15-23,27-30H2,1-7H3/t34-,35-,36+,42?/m0/s1. The third-order valence-corrected chi connectivity index (χ3v) is 15.6. The van der Waals surface area contributed by atoms with Crippen molar-refractivity contribution in [2.75, 3.05) is 44.3 Å². The molecule has 10 rings (SSSR count). The largest absolute Gasteiger partial charge is 0.486 e. The van der Waals surface area contributed by atoms with E-state index in [0.717, 1.165) is 77.6 Å². The summed E-state index contributed by atoms with van der Waals surface area (Å²) in [5.74, 6) is 1.07. The summed E-state index contributed by atoms with van der Waals surface area (Å²) in [4.78, 5) is 43.0. The molecular weight excluding hydrogens is 870 g/mol. The summed E-state index contributed by atoms with van der Waals surface area (Å²) >= 11 is 0. The number of aromatic nitrogens is 4. The van der Waals surface area contributed by atoms with Crippen molar-refractivity contribution in [2.45, 2.75) is 141 Å². The summed E-state index contributed by atoms with van der Waals surface area (Å²) in [6, 6.07) is 14.7. The van der Waals surface area contributed by atoms with Crippen LogP contribution in [-0.4, -0.2) is 113 Å². The van der Waals surface area contributed by atoms with Crippen molar-refractivity contribution in [1.29, 1.82) is 0 Å². The molecule has 2 bridgehead atoms. The van der Waals surface area contributed by atoms with Crippen LogP contribution in [0.5, 0.6) is 11.8 Å². The van der Waals surface area contributed by atoms with Gasteiger partial charge in [0.25, 0.3) is 0 Å². The number of anilines is 1. The average molecular weight is 934 g/mol. The molecule has 2 aromatic heterocycles. The number of likely N-dealkylation sites (tertiary alicyclic amines) is 2. The summed E-state index contributed by atoms with van der Waals surface area (Å²) in [6.07, 6.45) is 6.60. The molecule has 5 fully saturated rings. The Bertz CT molecular complexity index is 2680. The van der Waals surface area contributed by atoms with Crippen LogP contribution in [0.3, 0.4) is 0 Å². The van der Waals surface area contributed by atoms with E-state index in [4.69, 9.17) is 38.8 Å². The molecule has 356 valence electrons. The van der Waals surface area contributed by atoms with E-state index in [2.05, 4.69) is 30.6 Å². The molecule has 1 aliphatic carbocycles. The van der Waals surface area contributed by atoms with E-state index in [-0.39, 0.29) is 61.0 Å². The van der Waals surface area contributed by atoms with E-state index < -0.39 is 13.7 Å². The Morgan fingerprint density at radius 1 is 0.925 bits per heavy atom. The van der Waals surface area contributed by atoms with Crippen LogP contribution in [0.1, 0.15) is 94.6 Å². The van der Waals surface area contributed by atoms with Gasteiger partial charge >= 0.3 is 18.2 Å². The molecule has 1 saturated carbocycles. The first-order valence-electron chi connectivity index (χ1n) is 24.3. The highest BCUT2D eigenvalue weighted by Crippen LogP contribution is 2.54. The van der Waals surface area contributed by atoms with Crippen LogP contribution in [0, 0.1) is 12.7 Å². The van der Waals surface area contributed by atoms with Crippen molar-refractivity contribution < 1.29 is 37.7 Å². The lowest BCUT2D eigenvalue weighted by Crippen LogP contribution is -2.50. The van der Waals surface area contributed by atoms with E-state index >= 15 is 4.39 Å². The monoisotopic (exact) mass is 933 g/mol. The fourth-order valence-corrected chi connectivity index (χ4v) is 10.9. The lowest BCUT2D eigenvalue weighted by atomic mass is 9.88. The molecule has 2 amide bonds. The maximum Gasteiger partial charge on any atom is 0.410 e. The van der Waals surface area contributed by atoms with Gasteiger partial charge in [-0.1, -0.05) is 50.0 Å². The number of carbonyl (C=O) groups excluding carboxylic acids is 2.